The van der Waals surface area contributed by atoms with Crippen LogP contribution in [0.25, 0.3) is 0 Å². The van der Waals surface area contributed by atoms with Crippen LogP contribution in [0, 0.1) is 0 Å². The molecule has 74 heavy (non-hydrogen) atoms. The monoisotopic (exact) mass is 1030 g/mol. The van der Waals surface area contributed by atoms with Crippen LogP contribution in [0.2, 0.25) is 0 Å². The highest BCUT2D eigenvalue weighted by Gasteiger charge is 2.19. The van der Waals surface area contributed by atoms with Crippen LogP contribution < -0.4 is 0 Å². The summed E-state index contributed by atoms with van der Waals surface area (Å²) >= 11 is 0. The van der Waals surface area contributed by atoms with E-state index in [4.69, 9.17) is 14.2 Å². The van der Waals surface area contributed by atoms with Crippen molar-refractivity contribution < 1.29 is 28.6 Å². The Kier molecular flexibility index (Phi) is 60.2. The quantitative estimate of drug-likeness (QED) is 0.0261. The molecule has 0 aromatic carbocycles. The fraction of sp³-hybridized carbons (Fsp3) is 0.809. The Bertz CT molecular complexity index is 1330. The van der Waals surface area contributed by atoms with E-state index in [0.29, 0.717) is 19.3 Å². The van der Waals surface area contributed by atoms with Crippen molar-refractivity contribution in [2.24, 2.45) is 0 Å². The first-order chi connectivity index (χ1) is 36.5. The molecule has 6 nitrogen and oxygen atoms in total. The van der Waals surface area contributed by atoms with E-state index in [-0.39, 0.29) is 31.1 Å². The molecule has 1 unspecified atom stereocenters. The highest BCUT2D eigenvalue weighted by molar-refractivity contribution is 5.71. The third-order valence-corrected chi connectivity index (χ3v) is 14.3. The van der Waals surface area contributed by atoms with Crippen molar-refractivity contribution in [3.05, 3.63) is 60.8 Å². The van der Waals surface area contributed by atoms with E-state index in [1.165, 1.54) is 193 Å². The highest BCUT2D eigenvalue weighted by Crippen LogP contribution is 2.17. The van der Waals surface area contributed by atoms with Crippen LogP contribution in [0.3, 0.4) is 0 Å². The molecule has 0 N–H and O–H groups in total. The lowest BCUT2D eigenvalue weighted by Gasteiger charge is -2.18. The van der Waals surface area contributed by atoms with E-state index in [0.717, 1.165) is 103 Å². The van der Waals surface area contributed by atoms with Gasteiger partial charge >= 0.3 is 17.9 Å². The first-order valence-corrected chi connectivity index (χ1v) is 32.3. The van der Waals surface area contributed by atoms with E-state index in [2.05, 4.69) is 81.5 Å². The summed E-state index contributed by atoms with van der Waals surface area (Å²) in [6.45, 7) is 6.54. The molecule has 0 amide bonds. The first kappa shape index (κ1) is 71.1. The average molecular weight is 1040 g/mol. The molecule has 0 spiro atoms. The molecule has 430 valence electrons. The van der Waals surface area contributed by atoms with Gasteiger partial charge in [-0.2, -0.15) is 0 Å². The smallest absolute Gasteiger partial charge is 0.306 e. The Labute approximate surface area is 460 Å². The SMILES string of the molecule is CC/C=C\C/C=C\C/C=C\CCCCCCCC(=O)OC(COC(=O)CCCCCCCCCCCCCC)COC(=O)CCCCCCCCCCCCCCCCCCC/C=C\C/C=C\CCCCCCC. The molecule has 1 atom stereocenters. The van der Waals surface area contributed by atoms with Crippen molar-refractivity contribution in [3.63, 3.8) is 0 Å². The molecule has 6 heteroatoms. The molecule has 0 aliphatic heterocycles. The number of unbranched alkanes of at least 4 members (excludes halogenated alkanes) is 38. The zero-order valence-corrected chi connectivity index (χ0v) is 49.4. The van der Waals surface area contributed by atoms with Gasteiger partial charge < -0.3 is 14.2 Å². The second kappa shape index (κ2) is 62.6. The molecule has 0 saturated carbocycles. The van der Waals surface area contributed by atoms with Crippen LogP contribution in [-0.4, -0.2) is 37.2 Å². The first-order valence-electron chi connectivity index (χ1n) is 32.3. The summed E-state index contributed by atoms with van der Waals surface area (Å²) < 4.78 is 16.9. The summed E-state index contributed by atoms with van der Waals surface area (Å²) in [6.07, 6.45) is 79.6. The summed E-state index contributed by atoms with van der Waals surface area (Å²) in [6, 6.07) is 0. The second-order valence-corrected chi connectivity index (χ2v) is 21.6. The van der Waals surface area contributed by atoms with Gasteiger partial charge in [0.2, 0.25) is 0 Å². The van der Waals surface area contributed by atoms with Crippen LogP contribution in [0.4, 0.5) is 0 Å². The molecular formula is C68H122O6. The van der Waals surface area contributed by atoms with Crippen LogP contribution in [-0.2, 0) is 28.6 Å². The molecule has 0 fully saturated rings. The maximum Gasteiger partial charge on any atom is 0.306 e. The zero-order valence-electron chi connectivity index (χ0n) is 49.4. The van der Waals surface area contributed by atoms with Crippen molar-refractivity contribution in [1.82, 2.24) is 0 Å². The highest BCUT2D eigenvalue weighted by atomic mass is 16.6. The van der Waals surface area contributed by atoms with E-state index < -0.39 is 6.10 Å². The molecule has 0 aliphatic rings. The van der Waals surface area contributed by atoms with Crippen LogP contribution in [0.5, 0.6) is 0 Å². The van der Waals surface area contributed by atoms with Gasteiger partial charge in [-0.15, -0.1) is 0 Å². The Morgan fingerprint density at radius 2 is 0.527 bits per heavy atom. The molecule has 0 aromatic heterocycles. The Morgan fingerprint density at radius 1 is 0.284 bits per heavy atom. The Morgan fingerprint density at radius 3 is 0.824 bits per heavy atom. The second-order valence-electron chi connectivity index (χ2n) is 21.6. The zero-order chi connectivity index (χ0) is 53.6. The number of carbonyl (C=O) groups is 3. The lowest BCUT2D eigenvalue weighted by Crippen LogP contribution is -2.30. The lowest BCUT2D eigenvalue weighted by atomic mass is 10.0. The minimum atomic E-state index is -0.780. The van der Waals surface area contributed by atoms with Gasteiger partial charge in [0, 0.05) is 19.3 Å². The Hall–Kier alpha value is -2.89. The van der Waals surface area contributed by atoms with Gasteiger partial charge in [-0.3, -0.25) is 14.4 Å². The topological polar surface area (TPSA) is 78.9 Å². The summed E-state index contributed by atoms with van der Waals surface area (Å²) in [5, 5.41) is 0. The van der Waals surface area contributed by atoms with Crippen LogP contribution >= 0.6 is 0 Å². The van der Waals surface area contributed by atoms with E-state index in [1.807, 2.05) is 0 Å². The predicted octanol–water partition coefficient (Wildman–Crippen LogP) is 21.9. The van der Waals surface area contributed by atoms with Crippen molar-refractivity contribution in [1.29, 1.82) is 0 Å². The van der Waals surface area contributed by atoms with Crippen molar-refractivity contribution in [3.8, 4) is 0 Å². The molecule has 0 bridgehead atoms. The fourth-order valence-electron chi connectivity index (χ4n) is 9.43. The fourth-order valence-corrected chi connectivity index (χ4v) is 9.43. The molecule has 0 heterocycles. The Balaban J connectivity index is 4.17. The molecule has 0 rings (SSSR count). The van der Waals surface area contributed by atoms with Gasteiger partial charge in [-0.1, -0.05) is 293 Å². The van der Waals surface area contributed by atoms with Gasteiger partial charge in [0.05, 0.1) is 0 Å². The molecule has 0 aliphatic carbocycles. The maximum atomic E-state index is 12.9. The van der Waals surface area contributed by atoms with Crippen LogP contribution in [0.15, 0.2) is 60.8 Å². The summed E-state index contributed by atoms with van der Waals surface area (Å²) in [4.78, 5) is 38.2. The van der Waals surface area contributed by atoms with Crippen molar-refractivity contribution >= 4 is 17.9 Å². The van der Waals surface area contributed by atoms with E-state index in [1.54, 1.807) is 0 Å². The number of allylic oxidation sites excluding steroid dienone is 10. The van der Waals surface area contributed by atoms with Gasteiger partial charge in [0.1, 0.15) is 13.2 Å². The number of carbonyl (C=O) groups excluding carboxylic acids is 3. The number of ether oxygens (including phenoxy) is 3. The number of hydrogen-bond acceptors (Lipinski definition) is 6. The summed E-state index contributed by atoms with van der Waals surface area (Å²) in [5.41, 5.74) is 0. The standard InChI is InChI=1S/C68H122O6/c1-4-7-10-13-16-19-22-25-27-28-29-30-31-32-33-34-35-36-37-38-39-40-42-43-46-49-52-55-58-61-67(70)73-64-65(63-72-66(69)60-57-54-51-48-45-24-21-18-15-12-9-6-3)74-68(71)62-59-56-53-50-47-44-41-26-23-20-17-14-11-8-5-2/h8,11,17,20,22,25-26,28-29,41,65H,4-7,9-10,12-16,18-19,21,23-24,27,30-40,42-64H2,1-3H3/b11-8-,20-17-,25-22-,29-28-,41-26-. The number of hydrogen-bond donors (Lipinski definition) is 0. The van der Waals surface area contributed by atoms with Gasteiger partial charge in [-0.25, -0.2) is 0 Å². The van der Waals surface area contributed by atoms with Crippen molar-refractivity contribution in [2.45, 2.75) is 341 Å². The normalized spacial score (nSPS) is 12.4. The van der Waals surface area contributed by atoms with E-state index in [9.17, 15) is 14.4 Å². The van der Waals surface area contributed by atoms with Gasteiger partial charge in [0.15, 0.2) is 6.10 Å². The molecule has 0 radical (unpaired) electrons. The molecule has 0 aromatic rings. The lowest BCUT2D eigenvalue weighted by molar-refractivity contribution is -0.167. The third-order valence-electron chi connectivity index (χ3n) is 14.3. The van der Waals surface area contributed by atoms with Gasteiger partial charge in [-0.05, 0) is 83.5 Å². The molecular weight excluding hydrogens is 913 g/mol. The average Bonchev–Trinajstić information content (AvgIpc) is 3.40. The van der Waals surface area contributed by atoms with Gasteiger partial charge in [0.25, 0.3) is 0 Å². The summed E-state index contributed by atoms with van der Waals surface area (Å²) in [5.74, 6) is -0.878. The van der Waals surface area contributed by atoms with Crippen molar-refractivity contribution in [2.75, 3.05) is 13.2 Å². The summed E-state index contributed by atoms with van der Waals surface area (Å²) in [7, 11) is 0. The maximum absolute atomic E-state index is 12.9. The minimum absolute atomic E-state index is 0.0772. The number of esters is 3. The predicted molar refractivity (Wildman–Crippen MR) is 321 cm³/mol. The number of rotatable bonds is 59. The largest absolute Gasteiger partial charge is 0.462 e. The third kappa shape index (κ3) is 60.0. The molecule has 0 saturated heterocycles. The van der Waals surface area contributed by atoms with Crippen LogP contribution in [0.1, 0.15) is 335 Å². The van der Waals surface area contributed by atoms with E-state index >= 15 is 0 Å². The minimum Gasteiger partial charge on any atom is -0.462 e.